The van der Waals surface area contributed by atoms with Gasteiger partial charge in [-0.15, -0.1) is 0 Å². The van der Waals surface area contributed by atoms with E-state index in [1.54, 1.807) is 24.0 Å². The average Bonchev–Trinajstić information content (AvgIpc) is 2.74. The highest BCUT2D eigenvalue weighted by Crippen LogP contribution is 2.30. The van der Waals surface area contributed by atoms with Gasteiger partial charge in [0.15, 0.2) is 0 Å². The number of halogens is 3. The van der Waals surface area contributed by atoms with Crippen LogP contribution >= 0.6 is 23.2 Å². The van der Waals surface area contributed by atoms with Crippen LogP contribution in [-0.4, -0.2) is 16.3 Å². The molecular weight excluding hydrogens is 300 g/mol. The van der Waals surface area contributed by atoms with Crippen molar-refractivity contribution in [2.75, 3.05) is 6.54 Å². The third kappa shape index (κ3) is 3.14. The fraction of sp³-hybridized carbons (Fsp3) is 0.357. The SMILES string of the molecule is CCCNC(c1cc(Cl)ccc1F)c1c(Cl)cnn1C. The second-order valence-electron chi connectivity index (χ2n) is 4.55. The highest BCUT2D eigenvalue weighted by molar-refractivity contribution is 6.31. The summed E-state index contributed by atoms with van der Waals surface area (Å²) in [5, 5.41) is 8.40. The zero-order valence-electron chi connectivity index (χ0n) is 11.3. The van der Waals surface area contributed by atoms with Crippen LogP contribution in [0.3, 0.4) is 0 Å². The summed E-state index contributed by atoms with van der Waals surface area (Å²) in [6.45, 7) is 2.78. The molecule has 20 heavy (non-hydrogen) atoms. The zero-order valence-corrected chi connectivity index (χ0v) is 12.8. The Kier molecular flexibility index (Phi) is 5.02. The minimum atomic E-state index is -0.381. The highest BCUT2D eigenvalue weighted by Gasteiger charge is 2.23. The van der Waals surface area contributed by atoms with Gasteiger partial charge in [0.1, 0.15) is 5.82 Å². The summed E-state index contributed by atoms with van der Waals surface area (Å²) in [6.07, 6.45) is 2.48. The summed E-state index contributed by atoms with van der Waals surface area (Å²) in [6, 6.07) is 4.13. The molecule has 2 aromatic rings. The first-order valence-electron chi connectivity index (χ1n) is 6.40. The van der Waals surface area contributed by atoms with Gasteiger partial charge in [0, 0.05) is 17.6 Å². The van der Waals surface area contributed by atoms with Gasteiger partial charge in [0.05, 0.1) is 23.0 Å². The van der Waals surface area contributed by atoms with Crippen molar-refractivity contribution in [1.82, 2.24) is 15.1 Å². The van der Waals surface area contributed by atoms with Gasteiger partial charge in [0.25, 0.3) is 0 Å². The third-order valence-corrected chi connectivity index (χ3v) is 3.60. The van der Waals surface area contributed by atoms with Gasteiger partial charge in [-0.3, -0.25) is 4.68 Å². The van der Waals surface area contributed by atoms with E-state index in [0.717, 1.165) is 18.7 Å². The van der Waals surface area contributed by atoms with Gasteiger partial charge >= 0.3 is 0 Å². The largest absolute Gasteiger partial charge is 0.305 e. The van der Waals surface area contributed by atoms with Crippen LogP contribution in [-0.2, 0) is 7.05 Å². The van der Waals surface area contributed by atoms with Crippen molar-refractivity contribution in [2.45, 2.75) is 19.4 Å². The molecule has 0 saturated carbocycles. The van der Waals surface area contributed by atoms with Crippen molar-refractivity contribution in [3.63, 3.8) is 0 Å². The van der Waals surface area contributed by atoms with Crippen molar-refractivity contribution in [1.29, 1.82) is 0 Å². The molecule has 6 heteroatoms. The van der Waals surface area contributed by atoms with Crippen LogP contribution in [0, 0.1) is 5.82 Å². The van der Waals surface area contributed by atoms with Gasteiger partial charge in [-0.1, -0.05) is 30.1 Å². The molecule has 0 bridgehead atoms. The summed E-state index contributed by atoms with van der Waals surface area (Å²) in [5.74, 6) is -0.319. The van der Waals surface area contributed by atoms with Gasteiger partial charge < -0.3 is 5.32 Å². The van der Waals surface area contributed by atoms with Crippen LogP contribution in [0.1, 0.15) is 30.6 Å². The highest BCUT2D eigenvalue weighted by atomic mass is 35.5. The minimum Gasteiger partial charge on any atom is -0.305 e. The zero-order chi connectivity index (χ0) is 14.7. The Morgan fingerprint density at radius 2 is 2.15 bits per heavy atom. The lowest BCUT2D eigenvalue weighted by Gasteiger charge is -2.20. The molecule has 0 spiro atoms. The first-order chi connectivity index (χ1) is 9.54. The quantitative estimate of drug-likeness (QED) is 0.905. The molecule has 1 heterocycles. The maximum Gasteiger partial charge on any atom is 0.128 e. The molecule has 0 fully saturated rings. The van der Waals surface area contributed by atoms with Crippen LogP contribution in [0.15, 0.2) is 24.4 Å². The third-order valence-electron chi connectivity index (χ3n) is 3.08. The number of benzene rings is 1. The Hall–Kier alpha value is -1.10. The van der Waals surface area contributed by atoms with E-state index in [2.05, 4.69) is 10.4 Å². The van der Waals surface area contributed by atoms with E-state index < -0.39 is 0 Å². The van der Waals surface area contributed by atoms with Crippen LogP contribution in [0.2, 0.25) is 10.0 Å². The van der Waals surface area contributed by atoms with Gasteiger partial charge in [0.2, 0.25) is 0 Å². The molecule has 1 atom stereocenters. The fourth-order valence-corrected chi connectivity index (χ4v) is 2.58. The maximum atomic E-state index is 14.1. The molecule has 0 saturated heterocycles. The second-order valence-corrected chi connectivity index (χ2v) is 5.40. The smallest absolute Gasteiger partial charge is 0.128 e. The Morgan fingerprint density at radius 1 is 1.40 bits per heavy atom. The van der Waals surface area contributed by atoms with Crippen molar-refractivity contribution < 1.29 is 4.39 Å². The standard InChI is InChI=1S/C14H16Cl2FN3/c1-3-6-18-13(14-11(16)8-19-20(14)2)10-7-9(15)4-5-12(10)17/h4-5,7-8,13,18H,3,6H2,1-2H3. The summed E-state index contributed by atoms with van der Waals surface area (Å²) in [7, 11) is 1.78. The Balaban J connectivity index is 2.50. The maximum absolute atomic E-state index is 14.1. The van der Waals surface area contributed by atoms with E-state index in [0.29, 0.717) is 15.6 Å². The second kappa shape index (κ2) is 6.57. The van der Waals surface area contributed by atoms with Gasteiger partial charge in [-0.05, 0) is 31.2 Å². The molecule has 0 aliphatic heterocycles. The number of nitrogens with one attached hydrogen (secondary N) is 1. The molecule has 0 amide bonds. The van der Waals surface area contributed by atoms with E-state index in [1.165, 1.54) is 12.1 Å². The fourth-order valence-electron chi connectivity index (χ4n) is 2.12. The summed E-state index contributed by atoms with van der Waals surface area (Å²) in [4.78, 5) is 0. The molecule has 0 aliphatic carbocycles. The first kappa shape index (κ1) is 15.3. The van der Waals surface area contributed by atoms with E-state index >= 15 is 0 Å². The van der Waals surface area contributed by atoms with Crippen LogP contribution < -0.4 is 5.32 Å². The van der Waals surface area contributed by atoms with Crippen molar-refractivity contribution in [2.24, 2.45) is 7.05 Å². The molecule has 0 radical (unpaired) electrons. The predicted octanol–water partition coefficient (Wildman–Crippen LogP) is 3.96. The molecular formula is C14H16Cl2FN3. The Labute approximate surface area is 127 Å². The molecule has 0 aliphatic rings. The predicted molar refractivity (Wildman–Crippen MR) is 79.8 cm³/mol. The van der Waals surface area contributed by atoms with E-state index in [-0.39, 0.29) is 11.9 Å². The topological polar surface area (TPSA) is 29.9 Å². The molecule has 1 unspecified atom stereocenters. The molecule has 1 N–H and O–H groups in total. The average molecular weight is 316 g/mol. The van der Waals surface area contributed by atoms with Gasteiger partial charge in [-0.25, -0.2) is 4.39 Å². The number of aromatic nitrogens is 2. The Bertz CT molecular complexity index is 579. The lowest BCUT2D eigenvalue weighted by Crippen LogP contribution is -2.26. The molecule has 2 rings (SSSR count). The van der Waals surface area contributed by atoms with E-state index in [1.807, 2.05) is 6.92 Å². The van der Waals surface area contributed by atoms with Crippen LogP contribution in [0.4, 0.5) is 4.39 Å². The molecule has 1 aromatic heterocycles. The van der Waals surface area contributed by atoms with E-state index in [4.69, 9.17) is 23.2 Å². The minimum absolute atomic E-state index is 0.319. The van der Waals surface area contributed by atoms with E-state index in [9.17, 15) is 4.39 Å². The summed E-state index contributed by atoms with van der Waals surface area (Å²) in [5.41, 5.74) is 1.19. The van der Waals surface area contributed by atoms with Crippen LogP contribution in [0.25, 0.3) is 0 Å². The van der Waals surface area contributed by atoms with Crippen LogP contribution in [0.5, 0.6) is 0 Å². The molecule has 1 aromatic carbocycles. The lowest BCUT2D eigenvalue weighted by atomic mass is 10.0. The Morgan fingerprint density at radius 3 is 2.75 bits per heavy atom. The van der Waals surface area contributed by atoms with Crippen molar-refractivity contribution in [3.8, 4) is 0 Å². The number of hydrogen-bond donors (Lipinski definition) is 1. The first-order valence-corrected chi connectivity index (χ1v) is 7.16. The van der Waals surface area contributed by atoms with Crippen molar-refractivity contribution in [3.05, 3.63) is 51.5 Å². The molecule has 3 nitrogen and oxygen atoms in total. The number of rotatable bonds is 5. The number of aryl methyl sites for hydroxylation is 1. The number of hydrogen-bond acceptors (Lipinski definition) is 2. The lowest BCUT2D eigenvalue weighted by molar-refractivity contribution is 0.520. The van der Waals surface area contributed by atoms with Crippen molar-refractivity contribution >= 4 is 23.2 Å². The summed E-state index contributed by atoms with van der Waals surface area (Å²) >= 11 is 12.2. The monoisotopic (exact) mass is 315 g/mol. The normalized spacial score (nSPS) is 12.7. The number of nitrogens with zero attached hydrogens (tertiary/aromatic N) is 2. The molecule has 108 valence electrons. The van der Waals surface area contributed by atoms with Gasteiger partial charge in [-0.2, -0.15) is 5.10 Å². The summed E-state index contributed by atoms with van der Waals surface area (Å²) < 4.78 is 15.8.